The lowest BCUT2D eigenvalue weighted by Gasteiger charge is -2.40. The normalized spacial score (nSPS) is 16.2. The summed E-state index contributed by atoms with van der Waals surface area (Å²) in [4.78, 5) is 35.0. The van der Waals surface area contributed by atoms with Crippen LogP contribution in [-0.2, 0) is 26.1 Å². The van der Waals surface area contributed by atoms with Gasteiger partial charge < -0.3 is 35.1 Å². The number of para-hydroxylation sites is 1. The summed E-state index contributed by atoms with van der Waals surface area (Å²) < 4.78 is 18.2. The third-order valence-corrected chi connectivity index (χ3v) is 7.00. The van der Waals surface area contributed by atoms with E-state index in [4.69, 9.17) is 19.3 Å². The molecular formula is C32H36N8O5. The highest BCUT2D eigenvalue weighted by atomic mass is 16.7. The number of morpholine rings is 1. The molecule has 1 aliphatic heterocycles. The molecular weight excluding hydrogens is 576 g/mol. The fourth-order valence-electron chi connectivity index (χ4n) is 4.80. The molecule has 0 spiro atoms. The van der Waals surface area contributed by atoms with E-state index in [-0.39, 0.29) is 30.3 Å². The number of methoxy groups -OCH3 is 1. The van der Waals surface area contributed by atoms with Crippen molar-refractivity contribution in [2.24, 2.45) is 7.05 Å². The molecule has 4 aromatic rings. The Kier molecular flexibility index (Phi) is 9.70. The van der Waals surface area contributed by atoms with E-state index in [0.29, 0.717) is 23.7 Å². The van der Waals surface area contributed by atoms with E-state index in [1.54, 1.807) is 25.6 Å². The molecule has 13 nitrogen and oxygen atoms in total. The zero-order chi connectivity index (χ0) is 31.9. The lowest BCUT2D eigenvalue weighted by Crippen LogP contribution is -2.58. The number of esters is 1. The predicted octanol–water partition coefficient (Wildman–Crippen LogP) is 4.37. The number of carbonyl (C=O) groups excluding carboxylic acids is 2. The van der Waals surface area contributed by atoms with E-state index in [2.05, 4.69) is 32.5 Å². The minimum atomic E-state index is -0.509. The Hall–Kier alpha value is -5.27. The van der Waals surface area contributed by atoms with E-state index < -0.39 is 12.3 Å². The largest absolute Gasteiger partial charge is 0.459 e. The Balaban J connectivity index is 1.34. The second-order valence-corrected chi connectivity index (χ2v) is 10.5. The van der Waals surface area contributed by atoms with Crippen LogP contribution in [0.1, 0.15) is 24.2 Å². The van der Waals surface area contributed by atoms with Gasteiger partial charge in [-0.25, -0.2) is 14.8 Å². The summed E-state index contributed by atoms with van der Waals surface area (Å²) in [7, 11) is 3.44. The molecule has 2 aromatic carbocycles. The van der Waals surface area contributed by atoms with Gasteiger partial charge in [0.1, 0.15) is 29.7 Å². The topological polar surface area (TPSA) is 145 Å². The molecule has 3 N–H and O–H groups in total. The summed E-state index contributed by atoms with van der Waals surface area (Å²) >= 11 is 0. The van der Waals surface area contributed by atoms with Crippen molar-refractivity contribution in [3.05, 3.63) is 85.3 Å². The van der Waals surface area contributed by atoms with Crippen molar-refractivity contribution in [1.29, 1.82) is 0 Å². The highest BCUT2D eigenvalue weighted by Crippen LogP contribution is 2.32. The second kappa shape index (κ2) is 14.0. The van der Waals surface area contributed by atoms with E-state index in [0.717, 1.165) is 22.8 Å². The molecule has 1 aliphatic rings. The number of hydrogen-bond acceptors (Lipinski definition) is 11. The zero-order valence-electron chi connectivity index (χ0n) is 25.6. The number of carbonyl (C=O) groups is 2. The van der Waals surface area contributed by atoms with Crippen LogP contribution in [0.4, 0.5) is 28.7 Å². The van der Waals surface area contributed by atoms with Crippen molar-refractivity contribution in [1.82, 2.24) is 25.1 Å². The maximum absolute atomic E-state index is 12.7. The molecule has 45 heavy (non-hydrogen) atoms. The molecule has 2 unspecified atom stereocenters. The van der Waals surface area contributed by atoms with Gasteiger partial charge in [-0.2, -0.15) is 5.10 Å². The molecule has 1 amide bonds. The second-order valence-electron chi connectivity index (χ2n) is 10.5. The van der Waals surface area contributed by atoms with E-state index in [9.17, 15) is 9.59 Å². The van der Waals surface area contributed by atoms with Gasteiger partial charge in [0.25, 0.3) is 0 Å². The van der Waals surface area contributed by atoms with Crippen LogP contribution >= 0.6 is 0 Å². The third-order valence-electron chi connectivity index (χ3n) is 7.00. The first-order valence-corrected chi connectivity index (χ1v) is 14.4. The van der Waals surface area contributed by atoms with E-state index >= 15 is 0 Å². The number of benzene rings is 2. The number of anilines is 5. The first kappa shape index (κ1) is 31.2. The number of aryl methyl sites for hydroxylation is 1. The first-order valence-electron chi connectivity index (χ1n) is 14.4. The summed E-state index contributed by atoms with van der Waals surface area (Å²) in [6, 6.07) is 17.4. The van der Waals surface area contributed by atoms with Gasteiger partial charge >= 0.3 is 5.97 Å². The number of nitrogens with zero attached hydrogens (tertiary/aromatic N) is 5. The summed E-state index contributed by atoms with van der Waals surface area (Å²) in [6.07, 6.45) is 2.98. The van der Waals surface area contributed by atoms with Crippen LogP contribution < -0.4 is 20.9 Å². The average molecular weight is 613 g/mol. The molecule has 13 heteroatoms. The fraction of sp³-hybridized carbons (Fsp3) is 0.281. The van der Waals surface area contributed by atoms with Crippen LogP contribution in [0.3, 0.4) is 0 Å². The molecule has 2 aromatic heterocycles. The molecule has 2 atom stereocenters. The molecule has 234 valence electrons. The van der Waals surface area contributed by atoms with Crippen LogP contribution in [0.25, 0.3) is 11.3 Å². The minimum absolute atomic E-state index is 0.233. The van der Waals surface area contributed by atoms with Crippen molar-refractivity contribution in [2.45, 2.75) is 32.4 Å². The molecule has 5 rings (SSSR count). The molecule has 1 saturated heterocycles. The number of amides is 1. The Labute approximate surface area is 261 Å². The van der Waals surface area contributed by atoms with Crippen molar-refractivity contribution in [3.63, 3.8) is 0 Å². The first-order chi connectivity index (χ1) is 21.7. The van der Waals surface area contributed by atoms with Gasteiger partial charge in [-0.15, -0.1) is 0 Å². The Morgan fingerprint density at radius 1 is 1.13 bits per heavy atom. The predicted molar refractivity (Wildman–Crippen MR) is 170 cm³/mol. The molecule has 3 heterocycles. The standard InChI is InChI=1S/C32H36N8O5/c1-6-29(41)37-28-18-44-30(43-5)17-40(28)22-13-11-21(12-14-22)35-27-15-26(38-39(27)4)23-9-7-8-10-25(23)36-31-24(16-33-19-34-31)32(42)45-20(2)3/h6-16,19-20,28,30,35H,1,17-18H2,2-5H3,(H,37,41)(H,33,34,36). The van der Waals surface area contributed by atoms with Crippen LogP contribution in [0.5, 0.6) is 0 Å². The van der Waals surface area contributed by atoms with Crippen molar-refractivity contribution >= 4 is 40.6 Å². The van der Waals surface area contributed by atoms with Gasteiger partial charge in [0.15, 0.2) is 6.29 Å². The van der Waals surface area contributed by atoms with Crippen LogP contribution in [0.2, 0.25) is 0 Å². The Morgan fingerprint density at radius 2 is 1.91 bits per heavy atom. The minimum Gasteiger partial charge on any atom is -0.459 e. The average Bonchev–Trinajstić information content (AvgIpc) is 3.41. The molecule has 0 radical (unpaired) electrons. The van der Waals surface area contributed by atoms with Gasteiger partial charge in [-0.1, -0.05) is 24.8 Å². The number of ether oxygens (including phenoxy) is 3. The number of nitrogens with one attached hydrogen (secondary N) is 3. The van der Waals surface area contributed by atoms with Crippen molar-refractivity contribution in [3.8, 4) is 11.3 Å². The van der Waals surface area contributed by atoms with Gasteiger partial charge in [0.05, 0.1) is 24.9 Å². The smallest absolute Gasteiger partial charge is 0.343 e. The Morgan fingerprint density at radius 3 is 2.64 bits per heavy atom. The lowest BCUT2D eigenvalue weighted by atomic mass is 10.1. The molecule has 0 bridgehead atoms. The SMILES string of the molecule is C=CC(=O)NC1COC(OC)CN1c1ccc(Nc2cc(-c3ccccc3Nc3ncncc3C(=O)OC(C)C)nn2C)cc1. The van der Waals surface area contributed by atoms with Gasteiger partial charge in [0.2, 0.25) is 5.91 Å². The molecule has 1 fully saturated rings. The quantitative estimate of drug-likeness (QED) is 0.164. The number of aromatic nitrogens is 4. The molecule has 0 aliphatic carbocycles. The summed E-state index contributed by atoms with van der Waals surface area (Å²) in [5.41, 5.74) is 4.20. The van der Waals surface area contributed by atoms with E-state index in [1.165, 1.54) is 18.6 Å². The van der Waals surface area contributed by atoms with Gasteiger partial charge in [0, 0.05) is 49.0 Å². The monoisotopic (exact) mass is 612 g/mol. The van der Waals surface area contributed by atoms with Crippen LogP contribution in [0, 0.1) is 0 Å². The van der Waals surface area contributed by atoms with Crippen LogP contribution in [-0.4, -0.2) is 70.4 Å². The van der Waals surface area contributed by atoms with Crippen molar-refractivity contribution in [2.75, 3.05) is 35.8 Å². The highest BCUT2D eigenvalue weighted by molar-refractivity contribution is 5.96. The highest BCUT2D eigenvalue weighted by Gasteiger charge is 2.30. The number of hydrogen-bond donors (Lipinski definition) is 3. The summed E-state index contributed by atoms with van der Waals surface area (Å²) in [5.74, 6) is 0.307. The maximum atomic E-state index is 12.7. The number of rotatable bonds is 11. The summed E-state index contributed by atoms with van der Waals surface area (Å²) in [5, 5.41) is 14.3. The third kappa shape index (κ3) is 7.45. The van der Waals surface area contributed by atoms with Gasteiger partial charge in [-0.05, 0) is 50.3 Å². The molecule has 0 saturated carbocycles. The Bertz CT molecular complexity index is 1660. The zero-order valence-corrected chi connectivity index (χ0v) is 25.6. The fourth-order valence-corrected chi connectivity index (χ4v) is 4.80. The maximum Gasteiger partial charge on any atom is 0.343 e. The summed E-state index contributed by atoms with van der Waals surface area (Å²) in [6.45, 7) is 7.83. The van der Waals surface area contributed by atoms with Crippen LogP contribution in [0.15, 0.2) is 79.8 Å². The lowest BCUT2D eigenvalue weighted by molar-refractivity contribution is -0.143. The van der Waals surface area contributed by atoms with Gasteiger partial charge in [-0.3, -0.25) is 9.48 Å². The van der Waals surface area contributed by atoms with Crippen molar-refractivity contribution < 1.29 is 23.8 Å². The van der Waals surface area contributed by atoms with E-state index in [1.807, 2.05) is 66.5 Å².